The van der Waals surface area contributed by atoms with E-state index in [9.17, 15) is 4.79 Å². The molecule has 3 rings (SSSR count). The van der Waals surface area contributed by atoms with E-state index in [4.69, 9.17) is 4.42 Å². The lowest BCUT2D eigenvalue weighted by Gasteiger charge is -2.06. The maximum atomic E-state index is 11.0. The van der Waals surface area contributed by atoms with Crippen LogP contribution in [0.5, 0.6) is 0 Å². The second-order valence-corrected chi connectivity index (χ2v) is 3.84. The molecular weight excluding hydrogens is 206 g/mol. The summed E-state index contributed by atoms with van der Waals surface area (Å²) in [6.07, 6.45) is 0.471. The lowest BCUT2D eigenvalue weighted by Crippen LogP contribution is -2.22. The summed E-state index contributed by atoms with van der Waals surface area (Å²) in [6, 6.07) is 8.11. The molecular formula is C11H11N3O2. The molecule has 0 spiro atoms. The summed E-state index contributed by atoms with van der Waals surface area (Å²) in [5.41, 5.74) is 1.57. The largest absolute Gasteiger partial charge is 0.424 e. The number of fused-ring (bicyclic) bond motifs is 1. The number of para-hydroxylation sites is 2. The number of rotatable bonds is 2. The maximum Gasteiger partial charge on any atom is 0.295 e. The molecule has 1 saturated heterocycles. The molecule has 1 aliphatic heterocycles. The molecule has 0 bridgehead atoms. The van der Waals surface area contributed by atoms with Gasteiger partial charge in [-0.3, -0.25) is 4.79 Å². The first-order chi connectivity index (χ1) is 7.81. The van der Waals surface area contributed by atoms with Gasteiger partial charge in [0.25, 0.3) is 6.01 Å². The Morgan fingerprint density at radius 1 is 1.44 bits per heavy atom. The second-order valence-electron chi connectivity index (χ2n) is 3.84. The van der Waals surface area contributed by atoms with Crippen molar-refractivity contribution in [3.63, 3.8) is 0 Å². The van der Waals surface area contributed by atoms with Gasteiger partial charge in [-0.2, -0.15) is 4.98 Å². The van der Waals surface area contributed by atoms with Crippen molar-refractivity contribution >= 4 is 23.0 Å². The molecule has 0 saturated carbocycles. The van der Waals surface area contributed by atoms with Gasteiger partial charge < -0.3 is 15.1 Å². The third kappa shape index (κ3) is 1.60. The molecule has 0 aliphatic carbocycles. The van der Waals surface area contributed by atoms with Gasteiger partial charge in [-0.15, -0.1) is 0 Å². The molecule has 1 aromatic carbocycles. The van der Waals surface area contributed by atoms with Crippen LogP contribution in [0, 0.1) is 0 Å². The first-order valence-corrected chi connectivity index (χ1v) is 5.20. The third-order valence-electron chi connectivity index (χ3n) is 2.60. The smallest absolute Gasteiger partial charge is 0.295 e. The second kappa shape index (κ2) is 3.52. The number of amides is 1. The molecule has 1 atom stereocenters. The first-order valence-electron chi connectivity index (χ1n) is 5.20. The third-order valence-corrected chi connectivity index (χ3v) is 2.60. The normalized spacial score (nSPS) is 20.0. The molecule has 1 fully saturated rings. The lowest BCUT2D eigenvalue weighted by molar-refractivity contribution is -0.119. The van der Waals surface area contributed by atoms with Crippen LogP contribution in [0.2, 0.25) is 0 Å². The van der Waals surface area contributed by atoms with Gasteiger partial charge in [0.1, 0.15) is 5.52 Å². The molecule has 2 N–H and O–H groups in total. The van der Waals surface area contributed by atoms with Crippen molar-refractivity contribution in [3.05, 3.63) is 24.3 Å². The monoisotopic (exact) mass is 217 g/mol. The van der Waals surface area contributed by atoms with E-state index in [0.717, 1.165) is 11.1 Å². The standard InChI is InChI=1S/C11H11N3O2/c15-10-5-7(6-12-10)13-11-14-8-3-1-2-4-9(8)16-11/h1-4,7H,5-6H2,(H,12,15)(H,13,14). The molecule has 2 aromatic rings. The number of hydrogen-bond donors (Lipinski definition) is 2. The molecule has 5 heteroatoms. The maximum absolute atomic E-state index is 11.0. The van der Waals surface area contributed by atoms with Crippen molar-refractivity contribution in [2.75, 3.05) is 11.9 Å². The summed E-state index contributed by atoms with van der Waals surface area (Å²) in [7, 11) is 0. The highest BCUT2D eigenvalue weighted by Gasteiger charge is 2.22. The predicted octanol–water partition coefficient (Wildman–Crippen LogP) is 1.13. The Kier molecular flexibility index (Phi) is 2.02. The molecule has 1 amide bonds. The topological polar surface area (TPSA) is 67.2 Å². The summed E-state index contributed by atoms with van der Waals surface area (Å²) in [5, 5.41) is 5.85. The number of hydrogen-bond acceptors (Lipinski definition) is 4. The van der Waals surface area contributed by atoms with E-state index < -0.39 is 0 Å². The minimum absolute atomic E-state index is 0.0635. The van der Waals surface area contributed by atoms with E-state index in [1.54, 1.807) is 0 Å². The van der Waals surface area contributed by atoms with Crippen LogP contribution in [0.3, 0.4) is 0 Å². The molecule has 5 nitrogen and oxygen atoms in total. The van der Waals surface area contributed by atoms with Crippen LogP contribution >= 0.6 is 0 Å². The number of oxazole rings is 1. The number of benzene rings is 1. The molecule has 0 radical (unpaired) electrons. The fourth-order valence-electron chi connectivity index (χ4n) is 1.82. The minimum atomic E-state index is 0.0635. The zero-order valence-corrected chi connectivity index (χ0v) is 8.56. The van der Waals surface area contributed by atoms with E-state index in [1.165, 1.54) is 0 Å². The highest BCUT2D eigenvalue weighted by atomic mass is 16.4. The minimum Gasteiger partial charge on any atom is -0.424 e. The predicted molar refractivity (Wildman–Crippen MR) is 59.0 cm³/mol. The molecule has 1 unspecified atom stereocenters. The van der Waals surface area contributed by atoms with E-state index in [1.807, 2.05) is 24.3 Å². The molecule has 1 aromatic heterocycles. The summed E-state index contributed by atoms with van der Waals surface area (Å²) >= 11 is 0. The van der Waals surface area contributed by atoms with E-state index in [-0.39, 0.29) is 11.9 Å². The van der Waals surface area contributed by atoms with Crippen LogP contribution < -0.4 is 10.6 Å². The zero-order chi connectivity index (χ0) is 11.0. The Balaban J connectivity index is 1.81. The van der Waals surface area contributed by atoms with Gasteiger partial charge in [-0.25, -0.2) is 0 Å². The van der Waals surface area contributed by atoms with Gasteiger partial charge in [-0.1, -0.05) is 12.1 Å². The Morgan fingerprint density at radius 2 is 2.31 bits per heavy atom. The van der Waals surface area contributed by atoms with E-state index in [2.05, 4.69) is 15.6 Å². The van der Waals surface area contributed by atoms with Crippen LogP contribution in [0.15, 0.2) is 28.7 Å². The van der Waals surface area contributed by atoms with Crippen molar-refractivity contribution in [2.45, 2.75) is 12.5 Å². The first kappa shape index (κ1) is 9.21. The summed E-state index contributed by atoms with van der Waals surface area (Å²) < 4.78 is 5.50. The number of aromatic nitrogens is 1. The number of anilines is 1. The zero-order valence-electron chi connectivity index (χ0n) is 8.56. The van der Waals surface area contributed by atoms with Crippen LogP contribution in [0.4, 0.5) is 6.01 Å². The quantitative estimate of drug-likeness (QED) is 0.791. The van der Waals surface area contributed by atoms with Crippen LogP contribution in [-0.4, -0.2) is 23.5 Å². The Hall–Kier alpha value is -2.04. The average Bonchev–Trinajstić information content (AvgIpc) is 2.84. The van der Waals surface area contributed by atoms with Crippen molar-refractivity contribution in [1.82, 2.24) is 10.3 Å². The van der Waals surface area contributed by atoms with E-state index in [0.29, 0.717) is 19.0 Å². The summed E-state index contributed by atoms with van der Waals surface area (Å²) in [6.45, 7) is 0.623. The highest BCUT2D eigenvalue weighted by molar-refractivity contribution is 5.80. The van der Waals surface area contributed by atoms with Crippen molar-refractivity contribution in [2.24, 2.45) is 0 Å². The lowest BCUT2D eigenvalue weighted by atomic mass is 10.3. The SMILES string of the molecule is O=C1CC(Nc2nc3ccccc3o2)CN1. The number of carbonyl (C=O) groups is 1. The number of nitrogens with zero attached hydrogens (tertiary/aromatic N) is 1. The van der Waals surface area contributed by atoms with Gasteiger partial charge in [0, 0.05) is 13.0 Å². The number of nitrogens with one attached hydrogen (secondary N) is 2. The Bertz CT molecular complexity index is 502. The highest BCUT2D eigenvalue weighted by Crippen LogP contribution is 2.19. The van der Waals surface area contributed by atoms with Gasteiger partial charge in [-0.05, 0) is 12.1 Å². The van der Waals surface area contributed by atoms with Crippen LogP contribution in [0.1, 0.15) is 6.42 Å². The Labute approximate surface area is 91.8 Å². The molecule has 2 heterocycles. The molecule has 16 heavy (non-hydrogen) atoms. The van der Waals surface area contributed by atoms with Gasteiger partial charge in [0.05, 0.1) is 6.04 Å². The van der Waals surface area contributed by atoms with Crippen LogP contribution in [0.25, 0.3) is 11.1 Å². The van der Waals surface area contributed by atoms with E-state index >= 15 is 0 Å². The Morgan fingerprint density at radius 3 is 3.06 bits per heavy atom. The fraction of sp³-hybridized carbons (Fsp3) is 0.273. The average molecular weight is 217 g/mol. The van der Waals surface area contributed by atoms with Crippen molar-refractivity contribution < 1.29 is 9.21 Å². The van der Waals surface area contributed by atoms with Gasteiger partial charge in [0.2, 0.25) is 5.91 Å². The summed E-state index contributed by atoms with van der Waals surface area (Å²) in [4.78, 5) is 15.3. The molecule has 82 valence electrons. The van der Waals surface area contributed by atoms with Gasteiger partial charge in [0.15, 0.2) is 5.58 Å². The number of carbonyl (C=O) groups excluding carboxylic acids is 1. The van der Waals surface area contributed by atoms with Crippen LogP contribution in [-0.2, 0) is 4.79 Å². The van der Waals surface area contributed by atoms with Gasteiger partial charge >= 0.3 is 0 Å². The van der Waals surface area contributed by atoms with Crippen molar-refractivity contribution in [1.29, 1.82) is 0 Å². The fourth-order valence-corrected chi connectivity index (χ4v) is 1.82. The molecule has 1 aliphatic rings. The summed E-state index contributed by atoms with van der Waals surface area (Å²) in [5.74, 6) is 0.0635. The van der Waals surface area contributed by atoms with Crippen molar-refractivity contribution in [3.8, 4) is 0 Å².